The normalized spacial score (nSPS) is 11.6. The van der Waals surface area contributed by atoms with Crippen LogP contribution in [-0.4, -0.2) is 19.5 Å². The molecule has 56 heavy (non-hydrogen) atoms. The molecule has 0 unspecified atom stereocenters. The first-order valence-electron chi connectivity index (χ1n) is 18.8. The highest BCUT2D eigenvalue weighted by molar-refractivity contribution is 7.25. The zero-order valence-corrected chi connectivity index (χ0v) is 31.0. The predicted octanol–water partition coefficient (Wildman–Crippen LogP) is 13.7. The Balaban J connectivity index is 1.06. The van der Waals surface area contributed by atoms with Crippen LogP contribution in [0.4, 0.5) is 0 Å². The summed E-state index contributed by atoms with van der Waals surface area (Å²) in [5, 5.41) is 4.90. The molecule has 11 aromatic rings. The van der Waals surface area contributed by atoms with Crippen LogP contribution in [-0.2, 0) is 0 Å². The van der Waals surface area contributed by atoms with Crippen LogP contribution in [0.1, 0.15) is 0 Å². The molecule has 8 aromatic carbocycles. The Morgan fingerprint density at radius 2 is 0.804 bits per heavy atom. The summed E-state index contributed by atoms with van der Waals surface area (Å²) in [4.78, 5) is 15.2. The third kappa shape index (κ3) is 5.56. The van der Waals surface area contributed by atoms with Crippen LogP contribution in [0, 0.1) is 0 Å². The van der Waals surface area contributed by atoms with Crippen LogP contribution in [0.2, 0.25) is 0 Å². The Morgan fingerprint density at radius 3 is 1.50 bits per heavy atom. The van der Waals surface area contributed by atoms with Gasteiger partial charge in [-0.15, -0.1) is 11.3 Å². The first-order chi connectivity index (χ1) is 27.7. The molecule has 0 atom stereocenters. The van der Waals surface area contributed by atoms with Crippen molar-refractivity contribution in [3.63, 3.8) is 0 Å². The van der Waals surface area contributed by atoms with Gasteiger partial charge >= 0.3 is 0 Å². The highest BCUT2D eigenvalue weighted by Gasteiger charge is 2.17. The van der Waals surface area contributed by atoms with Gasteiger partial charge in [0.15, 0.2) is 17.5 Å². The molecule has 3 aromatic heterocycles. The number of thiophene rings is 1. The lowest BCUT2D eigenvalue weighted by atomic mass is 10.0. The fourth-order valence-corrected chi connectivity index (χ4v) is 8.98. The van der Waals surface area contributed by atoms with Gasteiger partial charge in [-0.2, -0.15) is 0 Å². The van der Waals surface area contributed by atoms with E-state index in [-0.39, 0.29) is 0 Å². The van der Waals surface area contributed by atoms with E-state index in [4.69, 9.17) is 15.0 Å². The smallest absolute Gasteiger partial charge is 0.164 e. The lowest BCUT2D eigenvalue weighted by Crippen LogP contribution is -2.00. The maximum absolute atomic E-state index is 5.12. The molecule has 11 rings (SSSR count). The fourth-order valence-electron chi connectivity index (χ4n) is 7.89. The molecule has 262 valence electrons. The number of benzene rings is 8. The van der Waals surface area contributed by atoms with Gasteiger partial charge in [-0.05, 0) is 89.0 Å². The fraction of sp³-hybridized carbons (Fsp3) is 0. The van der Waals surface area contributed by atoms with Crippen LogP contribution in [0.3, 0.4) is 0 Å². The Kier molecular flexibility index (Phi) is 7.64. The van der Waals surface area contributed by atoms with Gasteiger partial charge in [-0.3, -0.25) is 0 Å². The molecule has 0 spiro atoms. The lowest BCUT2D eigenvalue weighted by molar-refractivity contribution is 1.07. The van der Waals surface area contributed by atoms with Crippen molar-refractivity contribution in [3.05, 3.63) is 194 Å². The topological polar surface area (TPSA) is 43.6 Å². The second kappa shape index (κ2) is 13.3. The molecule has 0 N–H and O–H groups in total. The van der Waals surface area contributed by atoms with Gasteiger partial charge in [-0.25, -0.2) is 15.0 Å². The summed E-state index contributed by atoms with van der Waals surface area (Å²) >= 11 is 1.81. The van der Waals surface area contributed by atoms with Crippen molar-refractivity contribution in [2.45, 2.75) is 0 Å². The summed E-state index contributed by atoms with van der Waals surface area (Å²) in [6.07, 6.45) is 0. The molecule has 5 heteroatoms. The minimum atomic E-state index is 0.636. The number of hydrogen-bond donors (Lipinski definition) is 0. The Labute approximate surface area is 327 Å². The molecule has 3 heterocycles. The van der Waals surface area contributed by atoms with Crippen LogP contribution in [0.5, 0.6) is 0 Å². The second-order valence-corrected chi connectivity index (χ2v) is 15.1. The van der Waals surface area contributed by atoms with Crippen molar-refractivity contribution in [3.8, 4) is 62.1 Å². The number of nitrogens with zero attached hydrogens (tertiary/aromatic N) is 4. The van der Waals surface area contributed by atoms with E-state index in [0.717, 1.165) is 33.4 Å². The van der Waals surface area contributed by atoms with Crippen LogP contribution in [0.15, 0.2) is 194 Å². The number of aromatic nitrogens is 4. The first kappa shape index (κ1) is 32.2. The molecule has 0 saturated heterocycles. The summed E-state index contributed by atoms with van der Waals surface area (Å²) in [5.74, 6) is 1.94. The van der Waals surface area contributed by atoms with Crippen LogP contribution in [0.25, 0.3) is 104 Å². The first-order valence-corrected chi connectivity index (χ1v) is 19.6. The minimum Gasteiger partial charge on any atom is -0.309 e. The molecule has 0 radical (unpaired) electrons. The van der Waals surface area contributed by atoms with Crippen molar-refractivity contribution < 1.29 is 0 Å². The third-order valence-corrected chi connectivity index (χ3v) is 11.8. The predicted molar refractivity (Wildman–Crippen MR) is 234 cm³/mol. The molecule has 0 aliphatic rings. The molecule has 0 aliphatic carbocycles. The standard InChI is InChI=1S/C51H32N4S/c1-4-12-33(13-5-1)37-23-28-45-43(30-37)41-27-22-38(34-14-6-2-7-15-34)32-46(41)55(45)40-25-20-36(21-26-40)50-52-49(35-16-8-3-9-17-35)53-51(54-50)39-24-29-48-44(31-39)42-18-10-11-19-47(42)56-48/h1-32H. The van der Waals surface area contributed by atoms with Gasteiger partial charge in [0.25, 0.3) is 0 Å². The molecule has 4 nitrogen and oxygen atoms in total. The number of hydrogen-bond acceptors (Lipinski definition) is 4. The quantitative estimate of drug-likeness (QED) is 0.171. The molecule has 0 bridgehead atoms. The molecule has 0 saturated carbocycles. The molecule has 0 aliphatic heterocycles. The van der Waals surface area contributed by atoms with Gasteiger partial charge < -0.3 is 4.57 Å². The van der Waals surface area contributed by atoms with E-state index in [2.05, 4.69) is 180 Å². The lowest BCUT2D eigenvalue weighted by Gasteiger charge is -2.11. The maximum Gasteiger partial charge on any atom is 0.164 e. The second-order valence-electron chi connectivity index (χ2n) is 14.1. The van der Waals surface area contributed by atoms with E-state index in [9.17, 15) is 0 Å². The van der Waals surface area contributed by atoms with Crippen molar-refractivity contribution in [1.29, 1.82) is 0 Å². The number of fused-ring (bicyclic) bond motifs is 6. The molecular weight excluding hydrogens is 701 g/mol. The Hall–Kier alpha value is -7.21. The average Bonchev–Trinajstić information content (AvgIpc) is 3.82. The van der Waals surface area contributed by atoms with Crippen molar-refractivity contribution >= 4 is 53.3 Å². The zero-order chi connectivity index (χ0) is 37.0. The molecular formula is C51H32N4S. The third-order valence-electron chi connectivity index (χ3n) is 10.7. The maximum atomic E-state index is 5.12. The van der Waals surface area contributed by atoms with Gasteiger partial charge in [0.2, 0.25) is 0 Å². The SMILES string of the molecule is c1ccc(-c2ccc3c(c2)c2ccc(-c4ccccc4)cc2n3-c2ccc(-c3nc(-c4ccccc4)nc(-c4ccc5sc6ccccc6c5c4)n3)cc2)cc1. The van der Waals surface area contributed by atoms with Crippen LogP contribution < -0.4 is 0 Å². The van der Waals surface area contributed by atoms with Crippen molar-refractivity contribution in [2.75, 3.05) is 0 Å². The van der Waals surface area contributed by atoms with E-state index < -0.39 is 0 Å². The van der Waals surface area contributed by atoms with Crippen molar-refractivity contribution in [2.24, 2.45) is 0 Å². The zero-order valence-electron chi connectivity index (χ0n) is 30.2. The van der Waals surface area contributed by atoms with E-state index in [0.29, 0.717) is 17.5 Å². The highest BCUT2D eigenvalue weighted by atomic mass is 32.1. The van der Waals surface area contributed by atoms with Gasteiger partial charge in [0, 0.05) is 53.3 Å². The summed E-state index contributed by atoms with van der Waals surface area (Å²) in [6, 6.07) is 68.7. The largest absolute Gasteiger partial charge is 0.309 e. The van der Waals surface area contributed by atoms with E-state index >= 15 is 0 Å². The van der Waals surface area contributed by atoms with Gasteiger partial charge in [0.05, 0.1) is 11.0 Å². The van der Waals surface area contributed by atoms with E-state index in [1.165, 1.54) is 53.2 Å². The molecule has 0 fully saturated rings. The summed E-state index contributed by atoms with van der Waals surface area (Å²) < 4.78 is 4.90. The van der Waals surface area contributed by atoms with E-state index in [1.54, 1.807) is 0 Å². The Bertz CT molecular complexity index is 3220. The van der Waals surface area contributed by atoms with Crippen LogP contribution >= 0.6 is 11.3 Å². The molecule has 0 amide bonds. The minimum absolute atomic E-state index is 0.636. The van der Waals surface area contributed by atoms with Crippen molar-refractivity contribution in [1.82, 2.24) is 19.5 Å². The number of rotatable bonds is 6. The summed E-state index contributed by atoms with van der Waals surface area (Å²) in [6.45, 7) is 0. The summed E-state index contributed by atoms with van der Waals surface area (Å²) in [7, 11) is 0. The van der Waals surface area contributed by atoms with Gasteiger partial charge in [-0.1, -0.05) is 127 Å². The average molecular weight is 733 g/mol. The Morgan fingerprint density at radius 1 is 0.304 bits per heavy atom. The van der Waals surface area contributed by atoms with Gasteiger partial charge in [0.1, 0.15) is 0 Å². The van der Waals surface area contributed by atoms with E-state index in [1.807, 2.05) is 29.5 Å². The highest BCUT2D eigenvalue weighted by Crippen LogP contribution is 2.39. The monoisotopic (exact) mass is 732 g/mol. The summed E-state index contributed by atoms with van der Waals surface area (Å²) in [5.41, 5.74) is 11.0.